The van der Waals surface area contributed by atoms with Crippen molar-refractivity contribution in [3.05, 3.63) is 46.3 Å². The molecule has 0 saturated carbocycles. The Bertz CT molecular complexity index is 517. The molecule has 0 saturated heterocycles. The van der Waals surface area contributed by atoms with Gasteiger partial charge in [0.05, 0.1) is 24.0 Å². The van der Waals surface area contributed by atoms with E-state index in [9.17, 15) is 0 Å². The van der Waals surface area contributed by atoms with Gasteiger partial charge < -0.3 is 9.84 Å². The topological polar surface area (TPSA) is 61.9 Å². The van der Waals surface area contributed by atoms with Crippen LogP contribution in [0.4, 0.5) is 5.69 Å². The Morgan fingerprint density at radius 3 is 3.00 bits per heavy atom. The highest BCUT2D eigenvalue weighted by molar-refractivity contribution is 9.10. The smallest absolute Gasteiger partial charge is 0.155 e. The monoisotopic (exact) mass is 277 g/mol. The summed E-state index contributed by atoms with van der Waals surface area (Å²) in [6.45, 7) is 0.505. The lowest BCUT2D eigenvalue weighted by molar-refractivity contribution is 0.388. The van der Waals surface area contributed by atoms with Crippen molar-refractivity contribution in [3.8, 4) is 6.07 Å². The molecule has 0 unspecified atom stereocenters. The van der Waals surface area contributed by atoms with Crippen molar-refractivity contribution in [2.45, 2.75) is 6.54 Å². The summed E-state index contributed by atoms with van der Waals surface area (Å²) in [5, 5.41) is 15.7. The van der Waals surface area contributed by atoms with Gasteiger partial charge in [-0.05, 0) is 28.1 Å². The number of nitrogens with zero attached hydrogens (tertiary/aromatic N) is 2. The van der Waals surface area contributed by atoms with Crippen molar-refractivity contribution in [1.82, 2.24) is 5.16 Å². The predicted molar refractivity (Wildman–Crippen MR) is 62.7 cm³/mol. The second kappa shape index (κ2) is 4.81. The third kappa shape index (κ3) is 2.23. The largest absolute Gasteiger partial charge is 0.377 e. The Kier molecular flexibility index (Phi) is 3.22. The fourth-order valence-corrected chi connectivity index (χ4v) is 1.76. The molecule has 1 N–H and O–H groups in total. The van der Waals surface area contributed by atoms with Gasteiger partial charge in [-0.15, -0.1) is 0 Å². The predicted octanol–water partition coefficient (Wildman–Crippen LogP) is 2.92. The van der Waals surface area contributed by atoms with Crippen molar-refractivity contribution in [3.63, 3.8) is 0 Å². The second-order valence-electron chi connectivity index (χ2n) is 3.11. The van der Waals surface area contributed by atoms with Crippen LogP contribution in [-0.4, -0.2) is 5.16 Å². The molecular formula is C11H8BrN3O. The Morgan fingerprint density at radius 1 is 1.44 bits per heavy atom. The zero-order chi connectivity index (χ0) is 11.4. The fraction of sp³-hybridized carbons (Fsp3) is 0.0909. The number of rotatable bonds is 3. The number of aromatic nitrogens is 1. The average Bonchev–Trinajstić information content (AvgIpc) is 2.79. The van der Waals surface area contributed by atoms with Gasteiger partial charge in [0.25, 0.3) is 0 Å². The number of hydrogen-bond donors (Lipinski definition) is 1. The standard InChI is InChI=1S/C11H8BrN3O/c12-10-2-1-3-11(9(10)6-13)14-7-8-4-5-15-16-8/h1-5,14H,7H2. The maximum absolute atomic E-state index is 9.00. The molecule has 0 spiro atoms. The van der Waals surface area contributed by atoms with Gasteiger partial charge in [0, 0.05) is 10.5 Å². The van der Waals surface area contributed by atoms with Crippen LogP contribution in [0.15, 0.2) is 39.5 Å². The van der Waals surface area contributed by atoms with E-state index in [1.54, 1.807) is 12.3 Å². The van der Waals surface area contributed by atoms with Crippen LogP contribution in [0.1, 0.15) is 11.3 Å². The lowest BCUT2D eigenvalue weighted by Crippen LogP contribution is -2.00. The minimum absolute atomic E-state index is 0.505. The zero-order valence-electron chi connectivity index (χ0n) is 8.27. The highest BCUT2D eigenvalue weighted by atomic mass is 79.9. The molecule has 5 heteroatoms. The molecule has 0 aliphatic rings. The summed E-state index contributed by atoms with van der Waals surface area (Å²) in [5.74, 6) is 0.726. The molecule has 0 aliphatic carbocycles. The van der Waals surface area contributed by atoms with E-state index >= 15 is 0 Å². The van der Waals surface area contributed by atoms with Gasteiger partial charge in [0.15, 0.2) is 5.76 Å². The van der Waals surface area contributed by atoms with Crippen molar-refractivity contribution in [2.75, 3.05) is 5.32 Å². The van der Waals surface area contributed by atoms with E-state index in [1.165, 1.54) is 0 Å². The first-order chi connectivity index (χ1) is 7.81. The van der Waals surface area contributed by atoms with Crippen molar-refractivity contribution < 1.29 is 4.52 Å². The summed E-state index contributed by atoms with van der Waals surface area (Å²) in [6.07, 6.45) is 1.59. The van der Waals surface area contributed by atoms with Gasteiger partial charge in [-0.2, -0.15) is 5.26 Å². The van der Waals surface area contributed by atoms with E-state index in [1.807, 2.05) is 18.2 Å². The molecule has 0 atom stereocenters. The van der Waals surface area contributed by atoms with Gasteiger partial charge in [-0.1, -0.05) is 11.2 Å². The third-order valence-electron chi connectivity index (χ3n) is 2.07. The van der Waals surface area contributed by atoms with E-state index < -0.39 is 0 Å². The molecule has 2 rings (SSSR count). The molecule has 0 amide bonds. The van der Waals surface area contributed by atoms with Gasteiger partial charge in [0.1, 0.15) is 6.07 Å². The fourth-order valence-electron chi connectivity index (χ4n) is 1.30. The van der Waals surface area contributed by atoms with Gasteiger partial charge in [-0.25, -0.2) is 0 Å². The van der Waals surface area contributed by atoms with Crippen LogP contribution >= 0.6 is 15.9 Å². The van der Waals surface area contributed by atoms with E-state index in [2.05, 4.69) is 32.5 Å². The minimum atomic E-state index is 0.505. The van der Waals surface area contributed by atoms with Crippen molar-refractivity contribution in [1.29, 1.82) is 5.26 Å². The molecular weight excluding hydrogens is 270 g/mol. The number of nitrogens with one attached hydrogen (secondary N) is 1. The highest BCUT2D eigenvalue weighted by Crippen LogP contribution is 2.24. The SMILES string of the molecule is N#Cc1c(Br)cccc1NCc1ccno1. The van der Waals surface area contributed by atoms with Crippen molar-refractivity contribution in [2.24, 2.45) is 0 Å². The van der Waals surface area contributed by atoms with Crippen molar-refractivity contribution >= 4 is 21.6 Å². The lowest BCUT2D eigenvalue weighted by atomic mass is 10.2. The maximum atomic E-state index is 9.00. The van der Waals surface area contributed by atoms with E-state index in [4.69, 9.17) is 9.78 Å². The summed E-state index contributed by atoms with van der Waals surface area (Å²) >= 11 is 3.33. The molecule has 0 aliphatic heterocycles. The van der Waals surface area contributed by atoms with Gasteiger partial charge >= 0.3 is 0 Å². The normalized spacial score (nSPS) is 9.75. The van der Waals surface area contributed by atoms with E-state index in [-0.39, 0.29) is 0 Å². The number of anilines is 1. The highest BCUT2D eigenvalue weighted by Gasteiger charge is 2.06. The van der Waals surface area contributed by atoms with Gasteiger partial charge in [-0.3, -0.25) is 0 Å². The van der Waals surface area contributed by atoms with Crippen LogP contribution in [0.5, 0.6) is 0 Å². The number of halogens is 1. The molecule has 16 heavy (non-hydrogen) atoms. The number of nitriles is 1. The summed E-state index contributed by atoms with van der Waals surface area (Å²) < 4.78 is 5.73. The first-order valence-corrected chi connectivity index (χ1v) is 5.42. The molecule has 0 bridgehead atoms. The molecule has 0 radical (unpaired) electrons. The van der Waals surface area contributed by atoms with Gasteiger partial charge in [0.2, 0.25) is 0 Å². The third-order valence-corrected chi connectivity index (χ3v) is 2.73. The Morgan fingerprint density at radius 2 is 2.31 bits per heavy atom. The first-order valence-electron chi connectivity index (χ1n) is 4.63. The van der Waals surface area contributed by atoms with Crippen LogP contribution < -0.4 is 5.32 Å². The first kappa shape index (κ1) is 10.7. The molecule has 1 heterocycles. The number of hydrogen-bond acceptors (Lipinski definition) is 4. The Hall–Kier alpha value is -1.80. The summed E-state index contributed by atoms with van der Waals surface area (Å²) in [4.78, 5) is 0. The summed E-state index contributed by atoms with van der Waals surface area (Å²) in [7, 11) is 0. The van der Waals surface area contributed by atoms with E-state index in [0.29, 0.717) is 12.1 Å². The average molecular weight is 278 g/mol. The summed E-state index contributed by atoms with van der Waals surface area (Å²) in [6, 6.07) is 9.46. The molecule has 1 aromatic carbocycles. The molecule has 4 nitrogen and oxygen atoms in total. The van der Waals surface area contributed by atoms with Crippen LogP contribution in [0.25, 0.3) is 0 Å². The van der Waals surface area contributed by atoms with Crippen LogP contribution in [0.2, 0.25) is 0 Å². The quantitative estimate of drug-likeness (QED) is 0.937. The van der Waals surface area contributed by atoms with Crippen LogP contribution in [0.3, 0.4) is 0 Å². The lowest BCUT2D eigenvalue weighted by Gasteiger charge is -2.06. The van der Waals surface area contributed by atoms with Crippen LogP contribution in [-0.2, 0) is 6.54 Å². The Labute approximate surface area is 101 Å². The molecule has 2 aromatic rings. The maximum Gasteiger partial charge on any atom is 0.155 e. The summed E-state index contributed by atoms with van der Waals surface area (Å²) in [5.41, 5.74) is 1.36. The van der Waals surface area contributed by atoms with E-state index in [0.717, 1.165) is 15.9 Å². The van der Waals surface area contributed by atoms with Crippen LogP contribution in [0, 0.1) is 11.3 Å². The molecule has 80 valence electrons. The number of benzene rings is 1. The Balaban J connectivity index is 2.16. The second-order valence-corrected chi connectivity index (χ2v) is 3.96. The molecule has 0 fully saturated rings. The minimum Gasteiger partial charge on any atom is -0.377 e. The molecule has 1 aromatic heterocycles. The zero-order valence-corrected chi connectivity index (χ0v) is 9.86.